The molecule has 0 aromatic rings. The maximum atomic E-state index is 10.2. The zero-order valence-corrected chi connectivity index (χ0v) is 4.72. The van der Waals surface area contributed by atoms with Crippen LogP contribution in [0.5, 0.6) is 0 Å². The van der Waals surface area contributed by atoms with Crippen molar-refractivity contribution in [3.8, 4) is 0 Å². The lowest BCUT2D eigenvalue weighted by atomic mass is 10.3. The molecule has 1 fully saturated rings. The molecule has 1 saturated heterocycles. The largest absolute Gasteiger partial charge is 0.508 e. The third-order valence-corrected chi connectivity index (χ3v) is 1.11. The Morgan fingerprint density at radius 3 is 2.88 bits per heavy atom. The molecule has 0 aliphatic carbocycles. The van der Waals surface area contributed by atoms with Crippen molar-refractivity contribution in [1.82, 2.24) is 0 Å². The van der Waals surface area contributed by atoms with Gasteiger partial charge in [0.1, 0.15) is 12.7 Å². The van der Waals surface area contributed by atoms with E-state index in [1.165, 1.54) is 0 Å². The van der Waals surface area contributed by atoms with E-state index in [1.54, 1.807) is 0 Å². The molecule has 0 spiro atoms. The first-order chi connectivity index (χ1) is 3.83. The Labute approximate surface area is 47.6 Å². The van der Waals surface area contributed by atoms with E-state index in [9.17, 15) is 4.79 Å². The van der Waals surface area contributed by atoms with Gasteiger partial charge in [0.05, 0.1) is 0 Å². The van der Waals surface area contributed by atoms with Crippen LogP contribution in [0.1, 0.15) is 13.3 Å². The molecule has 0 saturated carbocycles. The number of cyclic esters (lactones) is 2. The molecule has 3 heteroatoms. The minimum Gasteiger partial charge on any atom is -0.430 e. The fourth-order valence-electron chi connectivity index (χ4n) is 0.566. The van der Waals surface area contributed by atoms with Gasteiger partial charge in [0.25, 0.3) is 0 Å². The summed E-state index contributed by atoms with van der Waals surface area (Å²) >= 11 is 0. The van der Waals surface area contributed by atoms with Gasteiger partial charge in [0.15, 0.2) is 0 Å². The lowest BCUT2D eigenvalue weighted by molar-refractivity contribution is 0.117. The predicted octanol–water partition coefficient (Wildman–Crippen LogP) is 0.932. The molecule has 0 N–H and O–H groups in total. The van der Waals surface area contributed by atoms with Gasteiger partial charge in [0.2, 0.25) is 0 Å². The second-order valence-electron chi connectivity index (χ2n) is 1.71. The van der Waals surface area contributed by atoms with Crippen molar-refractivity contribution in [2.24, 2.45) is 0 Å². The molecule has 1 rings (SSSR count). The summed E-state index contributed by atoms with van der Waals surface area (Å²) in [4.78, 5) is 10.2. The summed E-state index contributed by atoms with van der Waals surface area (Å²) in [5, 5.41) is 0. The third kappa shape index (κ3) is 0.911. The van der Waals surface area contributed by atoms with Gasteiger partial charge in [0, 0.05) is 0 Å². The molecule has 0 aromatic carbocycles. The van der Waals surface area contributed by atoms with E-state index < -0.39 is 6.16 Å². The van der Waals surface area contributed by atoms with E-state index in [4.69, 9.17) is 0 Å². The minimum atomic E-state index is -0.531. The summed E-state index contributed by atoms with van der Waals surface area (Å²) in [6.45, 7) is 2.38. The van der Waals surface area contributed by atoms with Crippen LogP contribution in [0, 0.1) is 0 Å². The van der Waals surface area contributed by atoms with Gasteiger partial charge < -0.3 is 9.47 Å². The molecule has 1 aliphatic heterocycles. The van der Waals surface area contributed by atoms with E-state index in [0.717, 1.165) is 6.42 Å². The molecule has 46 valence electrons. The second-order valence-corrected chi connectivity index (χ2v) is 1.71. The van der Waals surface area contributed by atoms with Crippen LogP contribution in [-0.4, -0.2) is 18.9 Å². The van der Waals surface area contributed by atoms with Crippen molar-refractivity contribution in [2.45, 2.75) is 19.4 Å². The normalized spacial score (nSPS) is 27.1. The highest BCUT2D eigenvalue weighted by Crippen LogP contribution is 2.07. The van der Waals surface area contributed by atoms with E-state index >= 15 is 0 Å². The van der Waals surface area contributed by atoms with Crippen LogP contribution < -0.4 is 0 Å². The first-order valence-electron chi connectivity index (χ1n) is 2.66. The average molecular weight is 116 g/mol. The molecule has 8 heavy (non-hydrogen) atoms. The van der Waals surface area contributed by atoms with E-state index in [1.807, 2.05) is 6.92 Å². The molecular weight excluding hydrogens is 108 g/mol. The molecule has 0 aromatic heterocycles. The topological polar surface area (TPSA) is 35.5 Å². The number of rotatable bonds is 1. The van der Waals surface area contributed by atoms with Gasteiger partial charge in [-0.15, -0.1) is 0 Å². The number of hydrogen-bond donors (Lipinski definition) is 0. The molecular formula is C5H8O3. The minimum absolute atomic E-state index is 0.00231. The first kappa shape index (κ1) is 5.41. The first-order valence-corrected chi connectivity index (χ1v) is 2.66. The van der Waals surface area contributed by atoms with Gasteiger partial charge in [-0.25, -0.2) is 4.79 Å². The Balaban J connectivity index is 2.32. The summed E-state index contributed by atoms with van der Waals surface area (Å²) in [7, 11) is 0. The van der Waals surface area contributed by atoms with Crippen LogP contribution in [0.2, 0.25) is 0 Å². The summed E-state index contributed by atoms with van der Waals surface area (Å²) < 4.78 is 9.14. The van der Waals surface area contributed by atoms with Gasteiger partial charge in [-0.3, -0.25) is 0 Å². The molecule has 1 heterocycles. The zero-order valence-electron chi connectivity index (χ0n) is 4.72. The highest BCUT2D eigenvalue weighted by molar-refractivity contribution is 5.61. The summed E-state index contributed by atoms with van der Waals surface area (Å²) in [5.74, 6) is 0. The molecule has 1 aliphatic rings. The van der Waals surface area contributed by atoms with Crippen LogP contribution >= 0.6 is 0 Å². The summed E-state index contributed by atoms with van der Waals surface area (Å²) in [6, 6.07) is 0. The van der Waals surface area contributed by atoms with Gasteiger partial charge in [-0.2, -0.15) is 0 Å². The average Bonchev–Trinajstić information content (AvgIpc) is 2.14. The van der Waals surface area contributed by atoms with Crippen LogP contribution in [0.15, 0.2) is 0 Å². The van der Waals surface area contributed by atoms with Crippen LogP contribution in [-0.2, 0) is 9.47 Å². The van der Waals surface area contributed by atoms with E-state index in [-0.39, 0.29) is 6.10 Å². The van der Waals surface area contributed by atoms with Crippen molar-refractivity contribution in [2.75, 3.05) is 6.61 Å². The van der Waals surface area contributed by atoms with E-state index in [2.05, 4.69) is 9.47 Å². The van der Waals surface area contributed by atoms with Crippen molar-refractivity contribution in [1.29, 1.82) is 0 Å². The Hall–Kier alpha value is -0.730. The molecule has 0 bridgehead atoms. The quantitative estimate of drug-likeness (QED) is 0.478. The Morgan fingerprint density at radius 1 is 1.88 bits per heavy atom. The van der Waals surface area contributed by atoms with E-state index in [0.29, 0.717) is 6.61 Å². The summed E-state index contributed by atoms with van der Waals surface area (Å²) in [5.41, 5.74) is 0. The SMILES string of the molecule is CC[C@@H]1COC(=O)O1. The standard InChI is InChI=1S/C5H8O3/c1-2-4-3-7-5(6)8-4/h4H,2-3H2,1H3/t4-/m1/s1. The van der Waals surface area contributed by atoms with Crippen molar-refractivity contribution in [3.63, 3.8) is 0 Å². The Morgan fingerprint density at radius 2 is 2.62 bits per heavy atom. The lowest BCUT2D eigenvalue weighted by Crippen LogP contribution is -2.06. The molecule has 0 amide bonds. The fourth-order valence-corrected chi connectivity index (χ4v) is 0.566. The van der Waals surface area contributed by atoms with Crippen LogP contribution in [0.3, 0.4) is 0 Å². The Kier molecular flexibility index (Phi) is 1.37. The van der Waals surface area contributed by atoms with Crippen molar-refractivity contribution in [3.05, 3.63) is 0 Å². The fraction of sp³-hybridized carbons (Fsp3) is 0.800. The molecule has 3 nitrogen and oxygen atoms in total. The van der Waals surface area contributed by atoms with Gasteiger partial charge >= 0.3 is 6.16 Å². The van der Waals surface area contributed by atoms with Crippen LogP contribution in [0.25, 0.3) is 0 Å². The highest BCUT2D eigenvalue weighted by atomic mass is 16.8. The maximum absolute atomic E-state index is 10.2. The highest BCUT2D eigenvalue weighted by Gasteiger charge is 2.22. The number of hydrogen-bond acceptors (Lipinski definition) is 3. The molecule has 0 unspecified atom stereocenters. The van der Waals surface area contributed by atoms with Crippen LogP contribution in [0.4, 0.5) is 4.79 Å². The van der Waals surface area contributed by atoms with Gasteiger partial charge in [-0.05, 0) is 6.42 Å². The van der Waals surface area contributed by atoms with Gasteiger partial charge in [-0.1, -0.05) is 6.92 Å². The maximum Gasteiger partial charge on any atom is 0.508 e. The van der Waals surface area contributed by atoms with Crippen molar-refractivity contribution >= 4 is 6.16 Å². The molecule has 1 atom stereocenters. The smallest absolute Gasteiger partial charge is 0.430 e. The predicted molar refractivity (Wildman–Crippen MR) is 26.5 cm³/mol. The monoisotopic (exact) mass is 116 g/mol. The van der Waals surface area contributed by atoms with Crippen molar-refractivity contribution < 1.29 is 14.3 Å². The number of carbonyl (C=O) groups is 1. The number of carbonyl (C=O) groups excluding carboxylic acids is 1. The third-order valence-electron chi connectivity index (χ3n) is 1.11. The second kappa shape index (κ2) is 2.03. The molecule has 0 radical (unpaired) electrons. The zero-order chi connectivity index (χ0) is 5.98. The lowest BCUT2D eigenvalue weighted by Gasteiger charge is -1.97. The Bertz CT molecular complexity index is 99.8. The number of ether oxygens (including phenoxy) is 2. The summed E-state index contributed by atoms with van der Waals surface area (Å²) in [6.07, 6.45) is 0.311.